The Morgan fingerprint density at radius 2 is 1.57 bits per heavy atom. The molecule has 156 valence electrons. The van der Waals surface area contributed by atoms with Gasteiger partial charge in [-0.1, -0.05) is 80.6 Å². The molecule has 3 aromatic rings. The summed E-state index contributed by atoms with van der Waals surface area (Å²) in [7, 11) is 0. The Labute approximate surface area is 179 Å². The fourth-order valence-corrected chi connectivity index (χ4v) is 3.31. The zero-order valence-electron chi connectivity index (χ0n) is 17.8. The third kappa shape index (κ3) is 5.71. The first-order chi connectivity index (χ1) is 14.6. The Morgan fingerprint density at radius 3 is 2.23 bits per heavy atom. The minimum atomic E-state index is -0.0722. The van der Waals surface area contributed by atoms with Gasteiger partial charge in [-0.05, 0) is 34.7 Å². The van der Waals surface area contributed by atoms with Crippen LogP contribution in [0.1, 0.15) is 46.8 Å². The number of amides is 1. The van der Waals surface area contributed by atoms with Crippen molar-refractivity contribution in [2.24, 2.45) is 5.73 Å². The Bertz CT molecular complexity index is 937. The summed E-state index contributed by atoms with van der Waals surface area (Å²) in [4.78, 5) is 15.1. The van der Waals surface area contributed by atoms with Gasteiger partial charge in [-0.2, -0.15) is 0 Å². The minimum absolute atomic E-state index is 0.0722. The minimum Gasteiger partial charge on any atom is -0.488 e. The number of para-hydroxylation sites is 1. The Morgan fingerprint density at radius 1 is 0.900 bits per heavy atom. The maximum absolute atomic E-state index is 13.3. The molecule has 0 saturated carbocycles. The molecule has 1 amide bonds. The zero-order chi connectivity index (χ0) is 21.3. The lowest BCUT2D eigenvalue weighted by Gasteiger charge is -2.24. The lowest BCUT2D eigenvalue weighted by molar-refractivity contribution is 0.0743. The number of rotatable bonds is 9. The van der Waals surface area contributed by atoms with Crippen molar-refractivity contribution in [2.45, 2.75) is 32.9 Å². The van der Waals surface area contributed by atoms with Crippen molar-refractivity contribution in [3.63, 3.8) is 0 Å². The molecule has 4 heteroatoms. The fourth-order valence-electron chi connectivity index (χ4n) is 3.31. The quantitative estimate of drug-likeness (QED) is 0.549. The SMILES string of the molecule is CC(C)c1ccc(CN(CCN)C(=O)c2ccccc2OCc2ccccc2)cc1. The van der Waals surface area contributed by atoms with Gasteiger partial charge < -0.3 is 15.4 Å². The Hall–Kier alpha value is -3.11. The predicted octanol–water partition coefficient (Wildman–Crippen LogP) is 4.99. The van der Waals surface area contributed by atoms with Gasteiger partial charge in [0.2, 0.25) is 0 Å². The average Bonchev–Trinajstić information content (AvgIpc) is 2.78. The molecule has 0 unspecified atom stereocenters. The van der Waals surface area contributed by atoms with Crippen molar-refractivity contribution in [2.75, 3.05) is 13.1 Å². The van der Waals surface area contributed by atoms with Crippen LogP contribution in [0.25, 0.3) is 0 Å². The van der Waals surface area contributed by atoms with E-state index in [9.17, 15) is 4.79 Å². The number of hydrogen-bond donors (Lipinski definition) is 1. The first-order valence-corrected chi connectivity index (χ1v) is 10.4. The van der Waals surface area contributed by atoms with Gasteiger partial charge in [0.15, 0.2) is 0 Å². The van der Waals surface area contributed by atoms with E-state index in [0.717, 1.165) is 11.1 Å². The van der Waals surface area contributed by atoms with Crippen molar-refractivity contribution in [3.05, 3.63) is 101 Å². The first-order valence-electron chi connectivity index (χ1n) is 10.4. The molecule has 0 atom stereocenters. The van der Waals surface area contributed by atoms with Crippen LogP contribution in [0.15, 0.2) is 78.9 Å². The molecule has 2 N–H and O–H groups in total. The molecule has 3 aromatic carbocycles. The summed E-state index contributed by atoms with van der Waals surface area (Å²) < 4.78 is 5.99. The number of nitrogens with two attached hydrogens (primary N) is 1. The lowest BCUT2D eigenvalue weighted by atomic mass is 10.0. The number of carbonyl (C=O) groups excluding carboxylic acids is 1. The van der Waals surface area contributed by atoms with Crippen LogP contribution >= 0.6 is 0 Å². The van der Waals surface area contributed by atoms with Crippen LogP contribution in [0.5, 0.6) is 5.75 Å². The normalized spacial score (nSPS) is 10.8. The van der Waals surface area contributed by atoms with E-state index < -0.39 is 0 Å². The summed E-state index contributed by atoms with van der Waals surface area (Å²) in [5, 5.41) is 0. The Balaban J connectivity index is 1.76. The van der Waals surface area contributed by atoms with E-state index in [2.05, 4.69) is 38.1 Å². The summed E-state index contributed by atoms with van der Waals surface area (Å²) >= 11 is 0. The van der Waals surface area contributed by atoms with Gasteiger partial charge in [0.25, 0.3) is 5.91 Å². The van der Waals surface area contributed by atoms with E-state index in [0.29, 0.717) is 43.5 Å². The van der Waals surface area contributed by atoms with Crippen LogP contribution in [-0.2, 0) is 13.2 Å². The molecule has 0 aliphatic rings. The predicted molar refractivity (Wildman–Crippen MR) is 122 cm³/mol. The van der Waals surface area contributed by atoms with Crippen molar-refractivity contribution >= 4 is 5.91 Å². The van der Waals surface area contributed by atoms with Gasteiger partial charge in [-0.15, -0.1) is 0 Å². The molecular weight excluding hydrogens is 372 g/mol. The summed E-state index contributed by atoms with van der Waals surface area (Å²) in [5.41, 5.74) is 9.80. The van der Waals surface area contributed by atoms with Gasteiger partial charge in [0.05, 0.1) is 5.56 Å². The standard InChI is InChI=1S/C26H30N2O2/c1-20(2)23-14-12-21(13-15-23)18-28(17-16-27)26(29)24-10-6-7-11-25(24)30-19-22-8-4-3-5-9-22/h3-15,20H,16-19,27H2,1-2H3. The van der Waals surface area contributed by atoms with E-state index in [1.165, 1.54) is 5.56 Å². The van der Waals surface area contributed by atoms with Gasteiger partial charge in [-0.3, -0.25) is 4.79 Å². The van der Waals surface area contributed by atoms with Crippen LogP contribution in [0.3, 0.4) is 0 Å². The number of carbonyl (C=O) groups is 1. The van der Waals surface area contributed by atoms with Crippen LogP contribution in [0.4, 0.5) is 0 Å². The lowest BCUT2D eigenvalue weighted by Crippen LogP contribution is -2.35. The monoisotopic (exact) mass is 402 g/mol. The molecule has 0 aliphatic heterocycles. The third-order valence-electron chi connectivity index (χ3n) is 5.06. The van der Waals surface area contributed by atoms with Gasteiger partial charge in [0.1, 0.15) is 12.4 Å². The van der Waals surface area contributed by atoms with Gasteiger partial charge in [-0.25, -0.2) is 0 Å². The molecule has 30 heavy (non-hydrogen) atoms. The van der Waals surface area contributed by atoms with E-state index >= 15 is 0 Å². The fraction of sp³-hybridized carbons (Fsp3) is 0.269. The van der Waals surface area contributed by atoms with Crippen molar-refractivity contribution < 1.29 is 9.53 Å². The van der Waals surface area contributed by atoms with Crippen LogP contribution in [0, 0.1) is 0 Å². The highest BCUT2D eigenvalue weighted by Crippen LogP contribution is 2.23. The molecule has 0 spiro atoms. The second kappa shape index (κ2) is 10.6. The average molecular weight is 403 g/mol. The van der Waals surface area contributed by atoms with E-state index in [-0.39, 0.29) is 5.91 Å². The van der Waals surface area contributed by atoms with Gasteiger partial charge >= 0.3 is 0 Å². The number of nitrogens with zero attached hydrogens (tertiary/aromatic N) is 1. The molecule has 0 radical (unpaired) electrons. The number of hydrogen-bond acceptors (Lipinski definition) is 3. The summed E-state index contributed by atoms with van der Waals surface area (Å²) in [6.45, 7) is 6.16. The molecule has 0 aliphatic carbocycles. The van der Waals surface area contributed by atoms with Gasteiger partial charge in [0, 0.05) is 19.6 Å². The molecule has 0 bridgehead atoms. The molecule has 4 nitrogen and oxygen atoms in total. The van der Waals surface area contributed by atoms with E-state index in [1.54, 1.807) is 4.90 Å². The molecule has 0 fully saturated rings. The van der Waals surface area contributed by atoms with E-state index in [1.807, 2.05) is 54.6 Å². The summed E-state index contributed by atoms with van der Waals surface area (Å²) in [6.07, 6.45) is 0. The first kappa shape index (κ1) is 21.6. The van der Waals surface area contributed by atoms with Crippen molar-refractivity contribution in [1.29, 1.82) is 0 Å². The van der Waals surface area contributed by atoms with Crippen molar-refractivity contribution in [1.82, 2.24) is 4.90 Å². The smallest absolute Gasteiger partial charge is 0.257 e. The van der Waals surface area contributed by atoms with Crippen LogP contribution in [0.2, 0.25) is 0 Å². The molecule has 0 aromatic heterocycles. The van der Waals surface area contributed by atoms with Crippen LogP contribution < -0.4 is 10.5 Å². The molecular formula is C26H30N2O2. The summed E-state index contributed by atoms with van der Waals surface area (Å²) in [5.74, 6) is 0.995. The van der Waals surface area contributed by atoms with E-state index in [4.69, 9.17) is 10.5 Å². The van der Waals surface area contributed by atoms with Crippen LogP contribution in [-0.4, -0.2) is 23.9 Å². The largest absolute Gasteiger partial charge is 0.488 e. The number of ether oxygens (including phenoxy) is 1. The highest BCUT2D eigenvalue weighted by atomic mass is 16.5. The zero-order valence-corrected chi connectivity index (χ0v) is 17.8. The maximum atomic E-state index is 13.3. The topological polar surface area (TPSA) is 55.6 Å². The highest BCUT2D eigenvalue weighted by molar-refractivity contribution is 5.97. The number of benzene rings is 3. The molecule has 0 saturated heterocycles. The van der Waals surface area contributed by atoms with Crippen molar-refractivity contribution in [3.8, 4) is 5.75 Å². The Kier molecular flexibility index (Phi) is 7.63. The maximum Gasteiger partial charge on any atom is 0.257 e. The summed E-state index contributed by atoms with van der Waals surface area (Å²) in [6, 6.07) is 25.8. The second-order valence-corrected chi connectivity index (χ2v) is 7.68. The molecule has 3 rings (SSSR count). The second-order valence-electron chi connectivity index (χ2n) is 7.68. The highest BCUT2D eigenvalue weighted by Gasteiger charge is 2.19. The third-order valence-corrected chi connectivity index (χ3v) is 5.06. The molecule has 0 heterocycles.